The van der Waals surface area contributed by atoms with Crippen LogP contribution in [0.25, 0.3) is 0 Å². The average Bonchev–Trinajstić information content (AvgIpc) is 2.78. The lowest BCUT2D eigenvalue weighted by molar-refractivity contribution is 0.142. The molecule has 0 spiro atoms. The van der Waals surface area contributed by atoms with E-state index >= 15 is 0 Å². The Kier molecular flexibility index (Phi) is 2.66. The van der Waals surface area contributed by atoms with Gasteiger partial charge in [-0.25, -0.2) is 0 Å². The summed E-state index contributed by atoms with van der Waals surface area (Å²) in [6.07, 6.45) is 5.14. The minimum absolute atomic E-state index is 0.738. The van der Waals surface area contributed by atoms with Gasteiger partial charge in [-0.05, 0) is 31.6 Å². The van der Waals surface area contributed by atoms with Crippen LogP contribution < -0.4 is 5.32 Å². The normalized spacial score (nSPS) is 42.2. The first kappa shape index (κ1) is 8.52. The maximum absolute atomic E-state index is 5.41. The van der Waals surface area contributed by atoms with E-state index in [4.69, 9.17) is 4.74 Å². The molecule has 0 amide bonds. The third-order valence-electron chi connectivity index (χ3n) is 3.01. The van der Waals surface area contributed by atoms with Crippen molar-refractivity contribution in [2.45, 2.75) is 44.7 Å². The lowest BCUT2D eigenvalue weighted by Gasteiger charge is -2.14. The van der Waals surface area contributed by atoms with Crippen LogP contribution in [-0.2, 0) is 4.74 Å². The highest BCUT2D eigenvalue weighted by Gasteiger charge is 2.33. The van der Waals surface area contributed by atoms with Gasteiger partial charge in [0, 0.05) is 25.3 Å². The van der Waals surface area contributed by atoms with Gasteiger partial charge < -0.3 is 10.1 Å². The number of nitrogens with one attached hydrogen (secondary N) is 1. The first-order valence-electron chi connectivity index (χ1n) is 5.20. The second kappa shape index (κ2) is 3.75. The van der Waals surface area contributed by atoms with E-state index < -0.39 is 0 Å². The van der Waals surface area contributed by atoms with E-state index in [1.807, 2.05) is 0 Å². The first-order valence-corrected chi connectivity index (χ1v) is 5.20. The standard InChI is InChI=1S/C10H19NO/c1-8-7-10(8)11-9-3-2-5-12-6-4-9/h8-11H,2-7H2,1H3. The van der Waals surface area contributed by atoms with Crippen molar-refractivity contribution >= 4 is 0 Å². The third-order valence-corrected chi connectivity index (χ3v) is 3.01. The molecule has 1 saturated heterocycles. The molecule has 3 unspecified atom stereocenters. The van der Waals surface area contributed by atoms with Gasteiger partial charge >= 0.3 is 0 Å². The van der Waals surface area contributed by atoms with Gasteiger partial charge in [0.25, 0.3) is 0 Å². The minimum atomic E-state index is 0.738. The average molecular weight is 169 g/mol. The Labute approximate surface area is 74.7 Å². The van der Waals surface area contributed by atoms with Crippen LogP contribution in [0.4, 0.5) is 0 Å². The molecular weight excluding hydrogens is 150 g/mol. The molecule has 1 aliphatic heterocycles. The maximum atomic E-state index is 5.41. The zero-order valence-corrected chi connectivity index (χ0v) is 7.88. The predicted octanol–water partition coefficient (Wildman–Crippen LogP) is 1.55. The first-order chi connectivity index (χ1) is 5.86. The van der Waals surface area contributed by atoms with Gasteiger partial charge in [-0.1, -0.05) is 6.92 Å². The summed E-state index contributed by atoms with van der Waals surface area (Å²) in [6, 6.07) is 1.57. The van der Waals surface area contributed by atoms with Crippen molar-refractivity contribution in [2.24, 2.45) is 5.92 Å². The van der Waals surface area contributed by atoms with Gasteiger partial charge in [0.1, 0.15) is 0 Å². The molecule has 0 radical (unpaired) electrons. The molecular formula is C10H19NO. The van der Waals surface area contributed by atoms with Gasteiger partial charge in [-0.2, -0.15) is 0 Å². The second-order valence-electron chi connectivity index (χ2n) is 4.23. The summed E-state index contributed by atoms with van der Waals surface area (Å²) in [6.45, 7) is 4.25. The molecule has 1 N–H and O–H groups in total. The van der Waals surface area contributed by atoms with Crippen molar-refractivity contribution in [1.82, 2.24) is 5.32 Å². The molecule has 1 aliphatic carbocycles. The molecule has 1 saturated carbocycles. The largest absolute Gasteiger partial charge is 0.381 e. The molecule has 0 aromatic carbocycles. The van der Waals surface area contributed by atoms with Gasteiger partial charge in [0.05, 0.1) is 0 Å². The molecule has 2 heteroatoms. The summed E-state index contributed by atoms with van der Waals surface area (Å²) in [5, 5.41) is 3.70. The lowest BCUT2D eigenvalue weighted by Crippen LogP contribution is -2.31. The van der Waals surface area contributed by atoms with Crippen LogP contribution in [-0.4, -0.2) is 25.3 Å². The highest BCUT2D eigenvalue weighted by molar-refractivity contribution is 4.92. The summed E-state index contributed by atoms with van der Waals surface area (Å²) >= 11 is 0. The Morgan fingerprint density at radius 3 is 2.83 bits per heavy atom. The van der Waals surface area contributed by atoms with Crippen molar-refractivity contribution in [2.75, 3.05) is 13.2 Å². The molecule has 0 bridgehead atoms. The van der Waals surface area contributed by atoms with Crippen LogP contribution in [0, 0.1) is 5.92 Å². The van der Waals surface area contributed by atoms with Gasteiger partial charge in [0.15, 0.2) is 0 Å². The summed E-state index contributed by atoms with van der Waals surface area (Å²) in [4.78, 5) is 0. The molecule has 2 aliphatic rings. The second-order valence-corrected chi connectivity index (χ2v) is 4.23. The van der Waals surface area contributed by atoms with E-state index in [-0.39, 0.29) is 0 Å². The van der Waals surface area contributed by atoms with E-state index in [0.717, 1.165) is 31.2 Å². The van der Waals surface area contributed by atoms with Crippen LogP contribution in [0.2, 0.25) is 0 Å². The molecule has 3 atom stereocenters. The van der Waals surface area contributed by atoms with E-state index in [2.05, 4.69) is 12.2 Å². The quantitative estimate of drug-likeness (QED) is 0.677. The van der Waals surface area contributed by atoms with Crippen LogP contribution in [0.5, 0.6) is 0 Å². The summed E-state index contributed by atoms with van der Waals surface area (Å²) in [5.74, 6) is 0.925. The highest BCUT2D eigenvalue weighted by atomic mass is 16.5. The Bertz CT molecular complexity index is 141. The number of hydrogen-bond donors (Lipinski definition) is 1. The zero-order valence-electron chi connectivity index (χ0n) is 7.88. The van der Waals surface area contributed by atoms with E-state index in [1.54, 1.807) is 0 Å². The number of rotatable bonds is 2. The van der Waals surface area contributed by atoms with E-state index in [9.17, 15) is 0 Å². The van der Waals surface area contributed by atoms with Gasteiger partial charge in [-0.3, -0.25) is 0 Å². The van der Waals surface area contributed by atoms with Crippen molar-refractivity contribution < 1.29 is 4.74 Å². The Hall–Kier alpha value is -0.0800. The van der Waals surface area contributed by atoms with Crippen LogP contribution >= 0.6 is 0 Å². The fraction of sp³-hybridized carbons (Fsp3) is 1.00. The zero-order chi connectivity index (χ0) is 8.39. The number of hydrogen-bond acceptors (Lipinski definition) is 2. The molecule has 70 valence electrons. The van der Waals surface area contributed by atoms with Gasteiger partial charge in [0.2, 0.25) is 0 Å². The molecule has 0 aromatic heterocycles. The van der Waals surface area contributed by atoms with Crippen molar-refractivity contribution in [3.05, 3.63) is 0 Å². The third kappa shape index (κ3) is 2.20. The van der Waals surface area contributed by atoms with Crippen molar-refractivity contribution in [3.63, 3.8) is 0 Å². The highest BCUT2D eigenvalue weighted by Crippen LogP contribution is 2.30. The van der Waals surface area contributed by atoms with Gasteiger partial charge in [-0.15, -0.1) is 0 Å². The molecule has 0 aromatic rings. The summed E-state index contributed by atoms with van der Waals surface area (Å²) in [7, 11) is 0. The Morgan fingerprint density at radius 1 is 1.25 bits per heavy atom. The number of ether oxygens (including phenoxy) is 1. The topological polar surface area (TPSA) is 21.3 Å². The monoisotopic (exact) mass is 169 g/mol. The van der Waals surface area contributed by atoms with Crippen LogP contribution in [0.1, 0.15) is 32.6 Å². The summed E-state index contributed by atoms with van der Waals surface area (Å²) in [5.41, 5.74) is 0. The lowest BCUT2D eigenvalue weighted by atomic mass is 10.1. The molecule has 2 rings (SSSR count). The smallest absolute Gasteiger partial charge is 0.0480 e. The molecule has 2 fully saturated rings. The predicted molar refractivity (Wildman–Crippen MR) is 49.2 cm³/mol. The SMILES string of the molecule is CC1CC1NC1CCCOCC1. The maximum Gasteiger partial charge on any atom is 0.0480 e. The molecule has 12 heavy (non-hydrogen) atoms. The van der Waals surface area contributed by atoms with Crippen molar-refractivity contribution in [1.29, 1.82) is 0 Å². The van der Waals surface area contributed by atoms with Crippen LogP contribution in [0.3, 0.4) is 0 Å². The van der Waals surface area contributed by atoms with Crippen LogP contribution in [0.15, 0.2) is 0 Å². The fourth-order valence-electron chi connectivity index (χ4n) is 1.93. The van der Waals surface area contributed by atoms with Crippen molar-refractivity contribution in [3.8, 4) is 0 Å². The summed E-state index contributed by atoms with van der Waals surface area (Å²) < 4.78 is 5.41. The Morgan fingerprint density at radius 2 is 2.08 bits per heavy atom. The molecule has 2 nitrogen and oxygen atoms in total. The fourth-order valence-corrected chi connectivity index (χ4v) is 1.93. The van der Waals surface area contributed by atoms with E-state index in [0.29, 0.717) is 0 Å². The minimum Gasteiger partial charge on any atom is -0.381 e. The Balaban J connectivity index is 1.71. The van der Waals surface area contributed by atoms with E-state index in [1.165, 1.54) is 25.7 Å². The molecule has 1 heterocycles.